The van der Waals surface area contributed by atoms with Crippen molar-refractivity contribution in [2.24, 2.45) is 0 Å². The van der Waals surface area contributed by atoms with E-state index in [0.717, 1.165) is 31.2 Å². The van der Waals surface area contributed by atoms with Gasteiger partial charge < -0.3 is 10.6 Å². The molecule has 7 nitrogen and oxygen atoms in total. The summed E-state index contributed by atoms with van der Waals surface area (Å²) in [4.78, 5) is 23.6. The van der Waals surface area contributed by atoms with Crippen LogP contribution in [-0.2, 0) is 26.0 Å². The molecule has 1 fully saturated rings. The first-order valence-electron chi connectivity index (χ1n) is 9.56. The fourth-order valence-corrected chi connectivity index (χ4v) is 4.45. The van der Waals surface area contributed by atoms with E-state index in [4.69, 9.17) is 0 Å². The molecule has 1 aromatic rings. The van der Waals surface area contributed by atoms with E-state index in [1.807, 2.05) is 6.92 Å². The molecule has 1 heterocycles. The van der Waals surface area contributed by atoms with Gasteiger partial charge in [-0.25, -0.2) is 8.42 Å². The van der Waals surface area contributed by atoms with E-state index >= 15 is 0 Å². The normalized spacial score (nSPS) is 15.3. The highest BCUT2D eigenvalue weighted by atomic mass is 32.2. The molecule has 0 bridgehead atoms. The van der Waals surface area contributed by atoms with E-state index in [0.29, 0.717) is 31.0 Å². The molecule has 0 atom stereocenters. The summed E-state index contributed by atoms with van der Waals surface area (Å²) in [6, 6.07) is 6.71. The molecule has 27 heavy (non-hydrogen) atoms. The predicted molar refractivity (Wildman–Crippen MR) is 104 cm³/mol. The Morgan fingerprint density at radius 2 is 1.67 bits per heavy atom. The molecule has 1 saturated heterocycles. The molecule has 2 rings (SSSR count). The Labute approximate surface area is 161 Å². The molecular weight excluding hydrogens is 366 g/mol. The van der Waals surface area contributed by atoms with Crippen molar-refractivity contribution in [1.82, 2.24) is 14.9 Å². The third kappa shape index (κ3) is 6.62. The lowest BCUT2D eigenvalue weighted by molar-refractivity contribution is -0.126. The second-order valence-corrected chi connectivity index (χ2v) is 8.67. The number of carbonyl (C=O) groups is 2. The van der Waals surface area contributed by atoms with Gasteiger partial charge in [0, 0.05) is 26.1 Å². The molecule has 0 spiro atoms. The van der Waals surface area contributed by atoms with Gasteiger partial charge in [0.2, 0.25) is 21.8 Å². The Bertz CT molecular complexity index is 726. The summed E-state index contributed by atoms with van der Waals surface area (Å²) in [6.07, 6.45) is 4.48. The number of hydrogen-bond donors (Lipinski definition) is 2. The van der Waals surface area contributed by atoms with Gasteiger partial charge in [-0.05, 0) is 43.4 Å². The number of amides is 2. The van der Waals surface area contributed by atoms with Crippen molar-refractivity contribution in [3.8, 4) is 0 Å². The number of carbonyl (C=O) groups excluding carboxylic acids is 2. The van der Waals surface area contributed by atoms with Crippen LogP contribution in [0.3, 0.4) is 0 Å². The highest BCUT2D eigenvalue weighted by Gasteiger charge is 2.25. The lowest BCUT2D eigenvalue weighted by Gasteiger charge is -2.25. The molecule has 2 amide bonds. The van der Waals surface area contributed by atoms with E-state index in [-0.39, 0.29) is 24.8 Å². The molecule has 0 aromatic heterocycles. The number of aryl methyl sites for hydroxylation is 1. The zero-order chi connectivity index (χ0) is 19.7. The van der Waals surface area contributed by atoms with Crippen LogP contribution >= 0.6 is 0 Å². The number of benzene rings is 1. The molecule has 0 aliphatic carbocycles. The standard InChI is InChI=1S/C19H29N3O4S/c1-2-12-20-19(24)15-21-18(23)11-8-16-6-9-17(10-7-16)27(25,26)22-13-4-3-5-14-22/h6-7,9-10H,2-5,8,11-15H2,1H3,(H,20,24)(H,21,23). The Morgan fingerprint density at radius 1 is 1.00 bits per heavy atom. The lowest BCUT2D eigenvalue weighted by Crippen LogP contribution is -2.37. The van der Waals surface area contributed by atoms with Crippen molar-refractivity contribution >= 4 is 21.8 Å². The third-order valence-electron chi connectivity index (χ3n) is 4.54. The first-order valence-corrected chi connectivity index (χ1v) is 11.0. The summed E-state index contributed by atoms with van der Waals surface area (Å²) < 4.78 is 26.8. The minimum absolute atomic E-state index is 0.0220. The van der Waals surface area contributed by atoms with Gasteiger partial charge in [-0.15, -0.1) is 0 Å². The maximum atomic E-state index is 12.6. The van der Waals surface area contributed by atoms with Crippen LogP contribution in [0.15, 0.2) is 29.2 Å². The lowest BCUT2D eigenvalue weighted by atomic mass is 10.1. The average molecular weight is 396 g/mol. The largest absolute Gasteiger partial charge is 0.355 e. The van der Waals surface area contributed by atoms with Gasteiger partial charge in [-0.1, -0.05) is 25.5 Å². The Kier molecular flexibility index (Phi) is 8.24. The molecule has 8 heteroatoms. The van der Waals surface area contributed by atoms with Crippen LogP contribution in [-0.4, -0.2) is 50.7 Å². The molecule has 1 aromatic carbocycles. The Morgan fingerprint density at radius 3 is 2.30 bits per heavy atom. The van der Waals surface area contributed by atoms with Crippen molar-refractivity contribution in [3.05, 3.63) is 29.8 Å². The minimum Gasteiger partial charge on any atom is -0.355 e. The topological polar surface area (TPSA) is 95.6 Å². The number of piperidine rings is 1. The molecule has 0 radical (unpaired) electrons. The van der Waals surface area contributed by atoms with Gasteiger partial charge in [-0.2, -0.15) is 4.31 Å². The number of rotatable bonds is 9. The second-order valence-electron chi connectivity index (χ2n) is 6.74. The van der Waals surface area contributed by atoms with E-state index in [1.165, 1.54) is 0 Å². The zero-order valence-electron chi connectivity index (χ0n) is 15.9. The van der Waals surface area contributed by atoms with Gasteiger partial charge in [0.25, 0.3) is 0 Å². The van der Waals surface area contributed by atoms with E-state index < -0.39 is 10.0 Å². The smallest absolute Gasteiger partial charge is 0.243 e. The van der Waals surface area contributed by atoms with E-state index in [1.54, 1.807) is 28.6 Å². The van der Waals surface area contributed by atoms with Crippen LogP contribution < -0.4 is 10.6 Å². The van der Waals surface area contributed by atoms with E-state index in [2.05, 4.69) is 10.6 Å². The molecule has 150 valence electrons. The maximum Gasteiger partial charge on any atom is 0.243 e. The fourth-order valence-electron chi connectivity index (χ4n) is 2.93. The summed E-state index contributed by atoms with van der Waals surface area (Å²) in [6.45, 7) is 3.70. The number of hydrogen-bond acceptors (Lipinski definition) is 4. The van der Waals surface area contributed by atoms with E-state index in [9.17, 15) is 18.0 Å². The van der Waals surface area contributed by atoms with Crippen LogP contribution in [0.5, 0.6) is 0 Å². The van der Waals surface area contributed by atoms with Crippen molar-refractivity contribution < 1.29 is 18.0 Å². The second kappa shape index (κ2) is 10.4. The van der Waals surface area contributed by atoms with Crippen molar-refractivity contribution in [2.45, 2.75) is 50.3 Å². The van der Waals surface area contributed by atoms with Crippen LogP contribution in [0, 0.1) is 0 Å². The minimum atomic E-state index is -3.43. The van der Waals surface area contributed by atoms with Gasteiger partial charge in [0.1, 0.15) is 0 Å². The monoisotopic (exact) mass is 395 g/mol. The molecule has 1 aliphatic heterocycles. The van der Waals surface area contributed by atoms with Gasteiger partial charge in [0.15, 0.2) is 0 Å². The third-order valence-corrected chi connectivity index (χ3v) is 6.45. The maximum absolute atomic E-state index is 12.6. The molecule has 2 N–H and O–H groups in total. The summed E-state index contributed by atoms with van der Waals surface area (Å²) >= 11 is 0. The summed E-state index contributed by atoms with van der Waals surface area (Å²) in [7, 11) is -3.43. The average Bonchev–Trinajstić information content (AvgIpc) is 2.70. The Balaban J connectivity index is 1.81. The number of nitrogens with one attached hydrogen (secondary N) is 2. The number of nitrogens with zero attached hydrogens (tertiary/aromatic N) is 1. The zero-order valence-corrected chi connectivity index (χ0v) is 16.7. The van der Waals surface area contributed by atoms with Crippen LogP contribution in [0.25, 0.3) is 0 Å². The highest BCUT2D eigenvalue weighted by Crippen LogP contribution is 2.21. The quantitative estimate of drug-likeness (QED) is 0.661. The van der Waals surface area contributed by atoms with Crippen molar-refractivity contribution in [2.75, 3.05) is 26.2 Å². The first kappa shape index (κ1) is 21.4. The summed E-state index contributed by atoms with van der Waals surface area (Å²) in [5.74, 6) is -0.399. The summed E-state index contributed by atoms with van der Waals surface area (Å²) in [5.41, 5.74) is 0.887. The van der Waals surface area contributed by atoms with Gasteiger partial charge in [0.05, 0.1) is 11.4 Å². The molecular formula is C19H29N3O4S. The number of sulfonamides is 1. The molecule has 1 aliphatic rings. The van der Waals surface area contributed by atoms with Gasteiger partial charge >= 0.3 is 0 Å². The molecule has 0 saturated carbocycles. The van der Waals surface area contributed by atoms with Crippen LogP contribution in [0.4, 0.5) is 0 Å². The van der Waals surface area contributed by atoms with Crippen LogP contribution in [0.1, 0.15) is 44.6 Å². The Hall–Kier alpha value is -1.93. The summed E-state index contributed by atoms with van der Waals surface area (Å²) in [5, 5.41) is 5.28. The highest BCUT2D eigenvalue weighted by molar-refractivity contribution is 7.89. The predicted octanol–water partition coefficient (Wildman–Crippen LogP) is 1.44. The van der Waals surface area contributed by atoms with Crippen molar-refractivity contribution in [3.63, 3.8) is 0 Å². The van der Waals surface area contributed by atoms with Crippen molar-refractivity contribution in [1.29, 1.82) is 0 Å². The first-order chi connectivity index (χ1) is 12.9. The van der Waals surface area contributed by atoms with Crippen LogP contribution in [0.2, 0.25) is 0 Å². The SMILES string of the molecule is CCCNC(=O)CNC(=O)CCc1ccc(S(=O)(=O)N2CCCCC2)cc1. The van der Waals surface area contributed by atoms with Gasteiger partial charge in [-0.3, -0.25) is 9.59 Å². The molecule has 0 unspecified atom stereocenters. The fraction of sp³-hybridized carbons (Fsp3) is 0.579.